The average Bonchev–Trinajstić information content (AvgIpc) is 2.63. The number of carboxylic acids is 1. The second-order valence-corrected chi connectivity index (χ2v) is 6.05. The van der Waals surface area contributed by atoms with Crippen LogP contribution in [0.1, 0.15) is 32.2 Å². The Hall–Kier alpha value is -3.01. The Balaban J connectivity index is 2.69. The van der Waals surface area contributed by atoms with Crippen LogP contribution >= 0.6 is 23.2 Å². The van der Waals surface area contributed by atoms with Crippen LogP contribution in [0.15, 0.2) is 36.4 Å². The second-order valence-electron chi connectivity index (χ2n) is 5.24. The Kier molecular flexibility index (Phi) is 6.11. The van der Waals surface area contributed by atoms with Crippen molar-refractivity contribution in [2.24, 2.45) is 5.84 Å². The summed E-state index contributed by atoms with van der Waals surface area (Å²) in [5.41, 5.74) is 0.511. The fourth-order valence-electron chi connectivity index (χ4n) is 2.46. The molecule has 0 saturated heterocycles. The number of carbonyl (C=O) groups excluding carboxylic acids is 2. The Labute approximate surface area is 161 Å². The molecule has 2 aromatic rings. The third-order valence-corrected chi connectivity index (χ3v) is 4.28. The van der Waals surface area contributed by atoms with E-state index in [0.717, 1.165) is 12.1 Å². The number of rotatable bonds is 6. The molecule has 0 aliphatic rings. The van der Waals surface area contributed by atoms with Crippen LogP contribution in [-0.2, 0) is 4.79 Å². The summed E-state index contributed by atoms with van der Waals surface area (Å²) in [6.45, 7) is 0. The summed E-state index contributed by atoms with van der Waals surface area (Å²) in [4.78, 5) is 46.8. The fraction of sp³-hybridized carbons (Fsp3) is 0.0625. The number of Topliss-reactive ketones (excluding diaryl/α,β-unsaturated/α-hetero) is 1. The van der Waals surface area contributed by atoms with E-state index in [9.17, 15) is 29.6 Å². The number of hydrogen-bond acceptors (Lipinski definition) is 6. The number of nitrogens with one attached hydrogen (secondary N) is 1. The number of carboxylic acid groups (broad SMARTS) is 1. The lowest BCUT2D eigenvalue weighted by molar-refractivity contribution is -0.384. The number of nitro benzene ring substituents is 1. The standard InChI is InChI=1S/C16H11Cl2N3O6/c17-10-5-7(21(26)27)6-11(18)12(10)13(15(23)20-19)14(22)8-3-1-2-4-9(8)16(24)25/h1-6,13H,19H2,(H,20,23)(H,24,25). The lowest BCUT2D eigenvalue weighted by Gasteiger charge is -2.18. The summed E-state index contributed by atoms with van der Waals surface area (Å²) in [6, 6.07) is 7.08. The Morgan fingerprint density at radius 3 is 2.07 bits per heavy atom. The van der Waals surface area contributed by atoms with Crippen molar-refractivity contribution in [1.29, 1.82) is 0 Å². The van der Waals surface area contributed by atoms with Crippen LogP contribution in [-0.4, -0.2) is 27.7 Å². The number of nitrogens with two attached hydrogens (primary N) is 1. The van der Waals surface area contributed by atoms with Crippen LogP contribution in [0.2, 0.25) is 10.0 Å². The third-order valence-electron chi connectivity index (χ3n) is 3.65. The molecule has 2 aromatic carbocycles. The molecule has 1 amide bonds. The van der Waals surface area contributed by atoms with E-state index < -0.39 is 34.2 Å². The van der Waals surface area contributed by atoms with Gasteiger partial charge in [0.15, 0.2) is 5.78 Å². The minimum Gasteiger partial charge on any atom is -0.478 e. The van der Waals surface area contributed by atoms with E-state index in [2.05, 4.69) is 0 Å². The number of nitro groups is 1. The van der Waals surface area contributed by atoms with Gasteiger partial charge in [-0.1, -0.05) is 41.4 Å². The van der Waals surface area contributed by atoms with Crippen molar-refractivity contribution in [1.82, 2.24) is 5.43 Å². The van der Waals surface area contributed by atoms with Gasteiger partial charge in [0, 0.05) is 23.3 Å². The van der Waals surface area contributed by atoms with Gasteiger partial charge in [0.25, 0.3) is 5.69 Å². The highest BCUT2D eigenvalue weighted by Gasteiger charge is 2.35. The molecular weight excluding hydrogens is 401 g/mol. The minimum atomic E-state index is -1.71. The highest BCUT2D eigenvalue weighted by atomic mass is 35.5. The van der Waals surface area contributed by atoms with Crippen LogP contribution in [0.3, 0.4) is 0 Å². The Bertz CT molecular complexity index is 940. The molecule has 11 heteroatoms. The van der Waals surface area contributed by atoms with Gasteiger partial charge < -0.3 is 5.11 Å². The van der Waals surface area contributed by atoms with E-state index in [4.69, 9.17) is 29.0 Å². The number of non-ortho nitro benzene ring substituents is 1. The highest BCUT2D eigenvalue weighted by molar-refractivity contribution is 6.38. The first kappa shape index (κ1) is 20.3. The number of ketones is 1. The number of carbonyl (C=O) groups is 3. The number of benzene rings is 2. The van der Waals surface area contributed by atoms with E-state index >= 15 is 0 Å². The summed E-state index contributed by atoms with van der Waals surface area (Å²) >= 11 is 12.1. The molecule has 0 radical (unpaired) electrons. The summed E-state index contributed by atoms with van der Waals surface area (Å²) in [7, 11) is 0. The van der Waals surface area contributed by atoms with Crippen LogP contribution < -0.4 is 11.3 Å². The van der Waals surface area contributed by atoms with Gasteiger partial charge in [-0.3, -0.25) is 25.1 Å². The molecule has 0 spiro atoms. The normalized spacial score (nSPS) is 11.5. The largest absolute Gasteiger partial charge is 0.478 e. The van der Waals surface area contributed by atoms with E-state index in [1.54, 1.807) is 5.43 Å². The molecule has 0 fully saturated rings. The van der Waals surface area contributed by atoms with Gasteiger partial charge in [-0.25, -0.2) is 10.6 Å². The summed E-state index contributed by atoms with van der Waals surface area (Å²) in [5.74, 6) is 0.0931. The topological polar surface area (TPSA) is 153 Å². The number of hydrogen-bond donors (Lipinski definition) is 3. The maximum atomic E-state index is 13.0. The number of amides is 1. The number of aromatic carboxylic acids is 1. The van der Waals surface area contributed by atoms with Crippen LogP contribution in [0.4, 0.5) is 5.69 Å². The van der Waals surface area contributed by atoms with Crippen molar-refractivity contribution >= 4 is 46.5 Å². The second kappa shape index (κ2) is 8.12. The van der Waals surface area contributed by atoms with E-state index in [1.807, 2.05) is 0 Å². The number of hydrazine groups is 1. The first-order chi connectivity index (χ1) is 12.7. The SMILES string of the molecule is NNC(=O)C(C(=O)c1ccccc1C(=O)O)c1c(Cl)cc([N+](=O)[O-])cc1Cl. The zero-order chi connectivity index (χ0) is 20.3. The molecule has 0 saturated carbocycles. The molecule has 0 aliphatic heterocycles. The first-order valence-electron chi connectivity index (χ1n) is 7.19. The molecular formula is C16H11Cl2N3O6. The Morgan fingerprint density at radius 2 is 1.63 bits per heavy atom. The molecule has 1 atom stereocenters. The maximum Gasteiger partial charge on any atom is 0.336 e. The summed E-state index contributed by atoms with van der Waals surface area (Å²) in [6.07, 6.45) is 0. The zero-order valence-corrected chi connectivity index (χ0v) is 14.8. The summed E-state index contributed by atoms with van der Waals surface area (Å²) < 4.78 is 0. The first-order valence-corrected chi connectivity index (χ1v) is 7.95. The molecule has 0 heterocycles. The summed E-state index contributed by atoms with van der Waals surface area (Å²) in [5, 5.41) is 19.5. The molecule has 0 aliphatic carbocycles. The molecule has 9 nitrogen and oxygen atoms in total. The van der Waals surface area contributed by atoms with Gasteiger partial charge in [-0.05, 0) is 6.07 Å². The van der Waals surface area contributed by atoms with Gasteiger partial charge >= 0.3 is 5.97 Å². The molecule has 2 rings (SSSR count). The van der Waals surface area contributed by atoms with Crippen molar-refractivity contribution < 1.29 is 24.4 Å². The van der Waals surface area contributed by atoms with Crippen LogP contribution in [0.25, 0.3) is 0 Å². The van der Waals surface area contributed by atoms with Crippen molar-refractivity contribution in [2.45, 2.75) is 5.92 Å². The van der Waals surface area contributed by atoms with Crippen molar-refractivity contribution in [3.63, 3.8) is 0 Å². The maximum absolute atomic E-state index is 13.0. The molecule has 4 N–H and O–H groups in total. The van der Waals surface area contributed by atoms with Crippen molar-refractivity contribution in [2.75, 3.05) is 0 Å². The molecule has 1 unspecified atom stereocenters. The van der Waals surface area contributed by atoms with Crippen LogP contribution in [0.5, 0.6) is 0 Å². The lowest BCUT2D eigenvalue weighted by atomic mass is 9.87. The van der Waals surface area contributed by atoms with Gasteiger partial charge in [0.2, 0.25) is 5.91 Å². The van der Waals surface area contributed by atoms with Gasteiger partial charge in [-0.15, -0.1) is 0 Å². The number of nitrogens with zero attached hydrogens (tertiary/aromatic N) is 1. The molecule has 0 aromatic heterocycles. The van der Waals surface area contributed by atoms with Crippen molar-refractivity contribution in [3.8, 4) is 0 Å². The highest BCUT2D eigenvalue weighted by Crippen LogP contribution is 2.37. The van der Waals surface area contributed by atoms with Crippen molar-refractivity contribution in [3.05, 3.63) is 73.2 Å². The predicted octanol–water partition coefficient (Wildman–Crippen LogP) is 2.56. The van der Waals surface area contributed by atoms with Gasteiger partial charge in [-0.2, -0.15) is 0 Å². The quantitative estimate of drug-likeness (QED) is 0.165. The molecule has 140 valence electrons. The van der Waals surface area contributed by atoms with Crippen LogP contribution in [0, 0.1) is 10.1 Å². The van der Waals surface area contributed by atoms with E-state index in [1.165, 1.54) is 24.3 Å². The molecule has 27 heavy (non-hydrogen) atoms. The van der Waals surface area contributed by atoms with E-state index in [0.29, 0.717) is 0 Å². The third kappa shape index (κ3) is 4.05. The predicted molar refractivity (Wildman–Crippen MR) is 95.9 cm³/mol. The van der Waals surface area contributed by atoms with E-state index in [-0.39, 0.29) is 26.7 Å². The molecule has 0 bridgehead atoms. The van der Waals surface area contributed by atoms with Gasteiger partial charge in [0.05, 0.1) is 20.5 Å². The average molecular weight is 412 g/mol. The van der Waals surface area contributed by atoms with Gasteiger partial charge in [0.1, 0.15) is 5.92 Å². The lowest BCUT2D eigenvalue weighted by Crippen LogP contribution is -2.38. The minimum absolute atomic E-state index is 0.225. The zero-order valence-electron chi connectivity index (χ0n) is 13.3. The fourth-order valence-corrected chi connectivity index (χ4v) is 3.15. The number of halogens is 2. The smallest absolute Gasteiger partial charge is 0.336 e. The Morgan fingerprint density at radius 1 is 1.11 bits per heavy atom. The monoisotopic (exact) mass is 411 g/mol.